The summed E-state index contributed by atoms with van der Waals surface area (Å²) in [6.45, 7) is 1.65. The van der Waals surface area contributed by atoms with Crippen LogP contribution in [0.25, 0.3) is 0 Å². The van der Waals surface area contributed by atoms with E-state index in [2.05, 4.69) is 0 Å². The number of furan rings is 1. The summed E-state index contributed by atoms with van der Waals surface area (Å²) in [5, 5.41) is 9.82. The summed E-state index contributed by atoms with van der Waals surface area (Å²) in [5.41, 5.74) is 0. The van der Waals surface area contributed by atoms with Crippen molar-refractivity contribution in [2.75, 3.05) is 27.2 Å². The zero-order chi connectivity index (χ0) is 14.5. The third-order valence-electron chi connectivity index (χ3n) is 3.97. The van der Waals surface area contributed by atoms with Crippen LogP contribution in [0.5, 0.6) is 0 Å². The first kappa shape index (κ1) is 15.1. The predicted octanol–water partition coefficient (Wildman–Crippen LogP) is 1.33. The minimum atomic E-state index is -0.201. The first-order valence-electron chi connectivity index (χ1n) is 7.19. The van der Waals surface area contributed by atoms with Crippen LogP contribution in [0.15, 0.2) is 22.8 Å². The van der Waals surface area contributed by atoms with Gasteiger partial charge in [-0.1, -0.05) is 6.42 Å². The predicted molar refractivity (Wildman–Crippen MR) is 76.0 cm³/mol. The molecular formula is C15H24N2O3. The number of hydrogen-bond donors (Lipinski definition) is 1. The highest BCUT2D eigenvalue weighted by atomic mass is 16.3. The molecule has 1 aliphatic carbocycles. The highest BCUT2D eigenvalue weighted by Gasteiger charge is 2.26. The lowest BCUT2D eigenvalue weighted by atomic mass is 10.1. The Morgan fingerprint density at radius 2 is 2.25 bits per heavy atom. The molecule has 2 rings (SSSR count). The summed E-state index contributed by atoms with van der Waals surface area (Å²) < 4.78 is 5.24. The smallest absolute Gasteiger partial charge is 0.236 e. The number of aliphatic hydroxyl groups is 1. The number of rotatable bonds is 6. The van der Waals surface area contributed by atoms with Crippen molar-refractivity contribution in [1.82, 2.24) is 9.80 Å². The summed E-state index contributed by atoms with van der Waals surface area (Å²) in [5.74, 6) is 1.16. The van der Waals surface area contributed by atoms with Crippen molar-refractivity contribution in [2.24, 2.45) is 5.92 Å². The lowest BCUT2D eigenvalue weighted by Crippen LogP contribution is -2.39. The zero-order valence-electron chi connectivity index (χ0n) is 12.3. The second-order valence-electron chi connectivity index (χ2n) is 5.78. The average molecular weight is 280 g/mol. The zero-order valence-corrected chi connectivity index (χ0v) is 12.3. The topological polar surface area (TPSA) is 56.9 Å². The molecule has 2 atom stereocenters. The van der Waals surface area contributed by atoms with E-state index in [-0.39, 0.29) is 12.0 Å². The van der Waals surface area contributed by atoms with E-state index in [9.17, 15) is 9.90 Å². The number of hydrogen-bond acceptors (Lipinski definition) is 4. The van der Waals surface area contributed by atoms with Crippen molar-refractivity contribution < 1.29 is 14.3 Å². The van der Waals surface area contributed by atoms with E-state index < -0.39 is 0 Å². The monoisotopic (exact) mass is 280 g/mol. The first-order valence-corrected chi connectivity index (χ1v) is 7.19. The number of likely N-dealkylation sites (N-methyl/N-ethyl adjacent to an activating group) is 2. The largest absolute Gasteiger partial charge is 0.467 e. The Morgan fingerprint density at radius 3 is 2.85 bits per heavy atom. The minimum Gasteiger partial charge on any atom is -0.467 e. The van der Waals surface area contributed by atoms with Gasteiger partial charge >= 0.3 is 0 Å². The van der Waals surface area contributed by atoms with E-state index in [0.29, 0.717) is 19.0 Å². The fourth-order valence-corrected chi connectivity index (χ4v) is 2.77. The van der Waals surface area contributed by atoms with Crippen molar-refractivity contribution >= 4 is 5.91 Å². The molecule has 0 aromatic carbocycles. The molecule has 1 aliphatic rings. The van der Waals surface area contributed by atoms with E-state index in [1.165, 1.54) is 0 Å². The van der Waals surface area contributed by atoms with Crippen LogP contribution >= 0.6 is 0 Å². The van der Waals surface area contributed by atoms with E-state index in [1.807, 2.05) is 24.1 Å². The maximum Gasteiger partial charge on any atom is 0.236 e. The van der Waals surface area contributed by atoms with E-state index in [1.54, 1.807) is 18.2 Å². The molecule has 1 heterocycles. The Labute approximate surface area is 120 Å². The van der Waals surface area contributed by atoms with Gasteiger partial charge in [-0.05, 0) is 37.9 Å². The van der Waals surface area contributed by atoms with Crippen molar-refractivity contribution in [1.29, 1.82) is 0 Å². The second-order valence-corrected chi connectivity index (χ2v) is 5.78. The second kappa shape index (κ2) is 6.90. The summed E-state index contributed by atoms with van der Waals surface area (Å²) in [7, 11) is 3.72. The third-order valence-corrected chi connectivity index (χ3v) is 3.97. The lowest BCUT2D eigenvalue weighted by Gasteiger charge is -2.24. The first-order chi connectivity index (χ1) is 9.56. The van der Waals surface area contributed by atoms with Gasteiger partial charge in [0.05, 0.1) is 25.5 Å². The molecule has 0 radical (unpaired) electrons. The van der Waals surface area contributed by atoms with E-state index >= 15 is 0 Å². The summed E-state index contributed by atoms with van der Waals surface area (Å²) in [6.07, 6.45) is 4.45. The molecule has 1 aromatic rings. The van der Waals surface area contributed by atoms with Crippen LogP contribution in [0.2, 0.25) is 0 Å². The van der Waals surface area contributed by atoms with Gasteiger partial charge in [-0.15, -0.1) is 0 Å². The number of carbonyl (C=O) groups excluding carboxylic acids is 1. The molecule has 1 saturated carbocycles. The maximum atomic E-state index is 12.1. The molecule has 1 fully saturated rings. The molecule has 5 heteroatoms. The standard InChI is InChI=1S/C15H24N2O3/c1-16(9-12-5-3-7-14(12)18)11-15(19)17(2)10-13-6-4-8-20-13/h4,6,8,12,14,18H,3,5,7,9-11H2,1-2H3. The van der Waals surface area contributed by atoms with Gasteiger partial charge in [0, 0.05) is 13.6 Å². The highest BCUT2D eigenvalue weighted by molar-refractivity contribution is 5.77. The van der Waals surface area contributed by atoms with Crippen LogP contribution < -0.4 is 0 Å². The van der Waals surface area contributed by atoms with Crippen LogP contribution in [0, 0.1) is 5.92 Å². The van der Waals surface area contributed by atoms with Gasteiger partial charge in [-0.2, -0.15) is 0 Å². The van der Waals surface area contributed by atoms with Gasteiger partial charge in [0.25, 0.3) is 0 Å². The Kier molecular flexibility index (Phi) is 5.20. The summed E-state index contributed by atoms with van der Waals surface area (Å²) in [4.78, 5) is 15.8. The van der Waals surface area contributed by atoms with Gasteiger partial charge < -0.3 is 14.4 Å². The molecule has 112 valence electrons. The molecule has 0 aliphatic heterocycles. The molecule has 1 N–H and O–H groups in total. The van der Waals surface area contributed by atoms with Crippen molar-refractivity contribution in [3.63, 3.8) is 0 Å². The van der Waals surface area contributed by atoms with Crippen LogP contribution in [0.3, 0.4) is 0 Å². The maximum absolute atomic E-state index is 12.1. The van der Waals surface area contributed by atoms with Gasteiger partial charge in [0.2, 0.25) is 5.91 Å². The van der Waals surface area contributed by atoms with Crippen molar-refractivity contribution in [2.45, 2.75) is 31.9 Å². The van der Waals surface area contributed by atoms with Crippen molar-refractivity contribution in [3.8, 4) is 0 Å². The van der Waals surface area contributed by atoms with Crippen molar-refractivity contribution in [3.05, 3.63) is 24.2 Å². The van der Waals surface area contributed by atoms with Crippen LogP contribution in [0.1, 0.15) is 25.0 Å². The molecule has 5 nitrogen and oxygen atoms in total. The summed E-state index contributed by atoms with van der Waals surface area (Å²) in [6, 6.07) is 3.68. The molecule has 2 unspecified atom stereocenters. The number of amides is 1. The normalized spacial score (nSPS) is 22.4. The molecule has 0 bridgehead atoms. The fraction of sp³-hybridized carbons (Fsp3) is 0.667. The van der Waals surface area contributed by atoms with Gasteiger partial charge in [-0.25, -0.2) is 0 Å². The quantitative estimate of drug-likeness (QED) is 0.854. The SMILES string of the molecule is CN(CC(=O)N(C)Cc1ccco1)CC1CCCC1O. The molecule has 0 saturated heterocycles. The van der Waals surface area contributed by atoms with Gasteiger partial charge in [-0.3, -0.25) is 9.69 Å². The fourth-order valence-electron chi connectivity index (χ4n) is 2.77. The van der Waals surface area contributed by atoms with Crippen LogP contribution in [-0.4, -0.2) is 54.1 Å². The summed E-state index contributed by atoms with van der Waals surface area (Å²) >= 11 is 0. The Morgan fingerprint density at radius 1 is 1.45 bits per heavy atom. The van der Waals surface area contributed by atoms with E-state index in [0.717, 1.165) is 31.6 Å². The van der Waals surface area contributed by atoms with Gasteiger partial charge in [0.15, 0.2) is 0 Å². The number of nitrogens with zero attached hydrogens (tertiary/aromatic N) is 2. The molecular weight excluding hydrogens is 256 g/mol. The highest BCUT2D eigenvalue weighted by Crippen LogP contribution is 2.25. The molecule has 0 spiro atoms. The third kappa shape index (κ3) is 4.08. The molecule has 1 amide bonds. The van der Waals surface area contributed by atoms with Gasteiger partial charge in [0.1, 0.15) is 5.76 Å². The number of aliphatic hydroxyl groups excluding tert-OH is 1. The molecule has 20 heavy (non-hydrogen) atoms. The minimum absolute atomic E-state index is 0.0661. The van der Waals surface area contributed by atoms with Crippen LogP contribution in [0.4, 0.5) is 0 Å². The Bertz CT molecular complexity index is 419. The molecule has 1 aromatic heterocycles. The lowest BCUT2D eigenvalue weighted by molar-refractivity contribution is -0.131. The van der Waals surface area contributed by atoms with E-state index in [4.69, 9.17) is 4.42 Å². The average Bonchev–Trinajstić information content (AvgIpc) is 3.02. The number of carbonyl (C=O) groups is 1. The Balaban J connectivity index is 1.75. The Hall–Kier alpha value is -1.33. The van der Waals surface area contributed by atoms with Crippen LogP contribution in [-0.2, 0) is 11.3 Å².